The van der Waals surface area contributed by atoms with Gasteiger partial charge in [-0.2, -0.15) is 0 Å². The lowest BCUT2D eigenvalue weighted by Gasteiger charge is -2.34. The highest BCUT2D eigenvalue weighted by Crippen LogP contribution is 2.23. The van der Waals surface area contributed by atoms with Crippen LogP contribution in [0.15, 0.2) is 66.7 Å². The Labute approximate surface area is 190 Å². The summed E-state index contributed by atoms with van der Waals surface area (Å²) >= 11 is 1.73. The van der Waals surface area contributed by atoms with Crippen LogP contribution in [-0.2, 0) is 11.3 Å². The fraction of sp³-hybridized carbons (Fsp3) is 0.240. The van der Waals surface area contributed by atoms with Crippen molar-refractivity contribution in [3.05, 3.63) is 77.3 Å². The van der Waals surface area contributed by atoms with Gasteiger partial charge in [0.25, 0.3) is 5.91 Å². The van der Waals surface area contributed by atoms with E-state index in [1.165, 1.54) is 4.70 Å². The second kappa shape index (κ2) is 9.06. The SMILES string of the molecule is O=C(NCC(=O)N1CCN(Cc2nc3ccccc3s2)CC1)c1ccc2ccccc2c1. The van der Waals surface area contributed by atoms with E-state index in [9.17, 15) is 9.59 Å². The number of nitrogens with one attached hydrogen (secondary N) is 1. The first kappa shape index (κ1) is 20.6. The molecule has 1 aliphatic rings. The van der Waals surface area contributed by atoms with Crippen LogP contribution in [0.3, 0.4) is 0 Å². The minimum Gasteiger partial charge on any atom is -0.343 e. The maximum atomic E-state index is 12.6. The third kappa shape index (κ3) is 4.49. The largest absolute Gasteiger partial charge is 0.343 e. The normalized spacial score (nSPS) is 14.7. The molecule has 2 amide bonds. The summed E-state index contributed by atoms with van der Waals surface area (Å²) in [5.74, 6) is -0.266. The van der Waals surface area contributed by atoms with Crippen molar-refractivity contribution in [2.75, 3.05) is 32.7 Å². The molecule has 1 saturated heterocycles. The summed E-state index contributed by atoms with van der Waals surface area (Å²) < 4.78 is 1.21. The Morgan fingerprint density at radius 3 is 2.47 bits per heavy atom. The molecule has 32 heavy (non-hydrogen) atoms. The Bertz CT molecular complexity index is 1240. The quantitative estimate of drug-likeness (QED) is 0.512. The second-order valence-electron chi connectivity index (χ2n) is 7.98. The van der Waals surface area contributed by atoms with E-state index in [0.717, 1.165) is 40.9 Å². The summed E-state index contributed by atoms with van der Waals surface area (Å²) in [5.41, 5.74) is 1.61. The van der Waals surface area contributed by atoms with Crippen molar-refractivity contribution in [3.8, 4) is 0 Å². The summed E-state index contributed by atoms with van der Waals surface area (Å²) in [5, 5.41) is 5.98. The van der Waals surface area contributed by atoms with Gasteiger partial charge in [0.1, 0.15) is 5.01 Å². The zero-order chi connectivity index (χ0) is 21.9. The number of amides is 2. The molecule has 162 valence electrons. The Morgan fingerprint density at radius 1 is 0.906 bits per heavy atom. The van der Waals surface area contributed by atoms with Gasteiger partial charge in [-0.25, -0.2) is 4.98 Å². The van der Waals surface area contributed by atoms with Gasteiger partial charge in [-0.3, -0.25) is 14.5 Å². The van der Waals surface area contributed by atoms with E-state index >= 15 is 0 Å². The molecule has 1 aromatic heterocycles. The monoisotopic (exact) mass is 444 g/mol. The summed E-state index contributed by atoms with van der Waals surface area (Å²) in [4.78, 5) is 34.0. The number of fused-ring (bicyclic) bond motifs is 2. The molecule has 1 aliphatic heterocycles. The minimum atomic E-state index is -0.224. The zero-order valence-corrected chi connectivity index (χ0v) is 18.5. The average Bonchev–Trinajstić information content (AvgIpc) is 3.24. The number of benzene rings is 3. The standard InChI is InChI=1S/C25H24N4O2S/c30-24(16-26-25(31)20-10-9-18-5-1-2-6-19(18)15-20)29-13-11-28(12-14-29)17-23-27-21-7-3-4-8-22(21)32-23/h1-10,15H,11-14,16-17H2,(H,26,31). The summed E-state index contributed by atoms with van der Waals surface area (Å²) in [6.07, 6.45) is 0. The number of rotatable bonds is 5. The van der Waals surface area contributed by atoms with Gasteiger partial charge in [0.05, 0.1) is 23.3 Å². The molecule has 7 heteroatoms. The van der Waals surface area contributed by atoms with Crippen molar-refractivity contribution < 1.29 is 9.59 Å². The van der Waals surface area contributed by atoms with Crippen molar-refractivity contribution in [3.63, 3.8) is 0 Å². The van der Waals surface area contributed by atoms with Gasteiger partial charge in [-0.1, -0.05) is 42.5 Å². The van der Waals surface area contributed by atoms with E-state index in [1.807, 2.05) is 59.5 Å². The molecule has 1 N–H and O–H groups in total. The highest BCUT2D eigenvalue weighted by atomic mass is 32.1. The maximum Gasteiger partial charge on any atom is 0.251 e. The molecule has 0 spiro atoms. The molecule has 5 rings (SSSR count). The van der Waals surface area contributed by atoms with Crippen molar-refractivity contribution >= 4 is 44.1 Å². The molecule has 0 radical (unpaired) electrons. The smallest absolute Gasteiger partial charge is 0.251 e. The van der Waals surface area contributed by atoms with Crippen molar-refractivity contribution in [1.82, 2.24) is 20.1 Å². The summed E-state index contributed by atoms with van der Waals surface area (Å²) in [6.45, 7) is 3.76. The maximum absolute atomic E-state index is 12.6. The summed E-state index contributed by atoms with van der Waals surface area (Å²) in [6, 6.07) is 21.7. The van der Waals surface area contributed by atoms with E-state index in [-0.39, 0.29) is 18.4 Å². The fourth-order valence-electron chi connectivity index (χ4n) is 4.03. The van der Waals surface area contributed by atoms with E-state index in [2.05, 4.69) is 16.3 Å². The Hall–Kier alpha value is -3.29. The van der Waals surface area contributed by atoms with Crippen LogP contribution >= 0.6 is 11.3 Å². The first-order valence-electron chi connectivity index (χ1n) is 10.8. The van der Waals surface area contributed by atoms with Gasteiger partial charge < -0.3 is 10.2 Å². The number of piperazine rings is 1. The molecule has 0 unspecified atom stereocenters. The number of carbonyl (C=O) groups is 2. The van der Waals surface area contributed by atoms with Gasteiger partial charge in [0.15, 0.2) is 0 Å². The van der Waals surface area contributed by atoms with Crippen LogP contribution in [0.5, 0.6) is 0 Å². The number of hydrogen-bond donors (Lipinski definition) is 1. The van der Waals surface area contributed by atoms with Crippen LogP contribution < -0.4 is 5.32 Å². The summed E-state index contributed by atoms with van der Waals surface area (Å²) in [7, 11) is 0. The van der Waals surface area contributed by atoms with Crippen LogP contribution in [0.2, 0.25) is 0 Å². The van der Waals surface area contributed by atoms with Gasteiger partial charge in [0, 0.05) is 31.7 Å². The highest BCUT2D eigenvalue weighted by molar-refractivity contribution is 7.18. The lowest BCUT2D eigenvalue weighted by Crippen LogP contribution is -2.50. The van der Waals surface area contributed by atoms with E-state index in [4.69, 9.17) is 4.98 Å². The molecular formula is C25H24N4O2S. The van der Waals surface area contributed by atoms with E-state index in [1.54, 1.807) is 17.4 Å². The van der Waals surface area contributed by atoms with Gasteiger partial charge in [-0.05, 0) is 35.0 Å². The van der Waals surface area contributed by atoms with Crippen LogP contribution in [0.4, 0.5) is 0 Å². The Morgan fingerprint density at radius 2 is 1.66 bits per heavy atom. The third-order valence-electron chi connectivity index (χ3n) is 5.83. The predicted molar refractivity (Wildman–Crippen MR) is 128 cm³/mol. The number of para-hydroxylation sites is 1. The number of nitrogens with zero attached hydrogens (tertiary/aromatic N) is 3. The Balaban J connectivity index is 1.11. The van der Waals surface area contributed by atoms with Gasteiger partial charge in [0.2, 0.25) is 5.91 Å². The molecule has 0 atom stereocenters. The highest BCUT2D eigenvalue weighted by Gasteiger charge is 2.22. The van der Waals surface area contributed by atoms with Crippen LogP contribution in [-0.4, -0.2) is 59.3 Å². The first-order valence-corrected chi connectivity index (χ1v) is 11.6. The zero-order valence-electron chi connectivity index (χ0n) is 17.7. The molecule has 0 aliphatic carbocycles. The van der Waals surface area contributed by atoms with Crippen molar-refractivity contribution in [2.45, 2.75) is 6.54 Å². The molecule has 3 aromatic carbocycles. The van der Waals surface area contributed by atoms with Crippen molar-refractivity contribution in [2.24, 2.45) is 0 Å². The molecule has 2 heterocycles. The molecule has 1 fully saturated rings. The van der Waals surface area contributed by atoms with Crippen molar-refractivity contribution in [1.29, 1.82) is 0 Å². The number of aromatic nitrogens is 1. The Kier molecular flexibility index (Phi) is 5.83. The molecule has 6 nitrogen and oxygen atoms in total. The fourth-order valence-corrected chi connectivity index (χ4v) is 5.04. The van der Waals surface area contributed by atoms with E-state index < -0.39 is 0 Å². The number of thiazole rings is 1. The van der Waals surface area contributed by atoms with Gasteiger partial charge >= 0.3 is 0 Å². The average molecular weight is 445 g/mol. The minimum absolute atomic E-state index is 0.0174. The van der Waals surface area contributed by atoms with Crippen LogP contribution in [0, 0.1) is 0 Å². The first-order chi connectivity index (χ1) is 15.7. The van der Waals surface area contributed by atoms with Crippen LogP contribution in [0.25, 0.3) is 21.0 Å². The lowest BCUT2D eigenvalue weighted by atomic mass is 10.1. The predicted octanol–water partition coefficient (Wildman–Crippen LogP) is 3.52. The van der Waals surface area contributed by atoms with Gasteiger partial charge in [-0.15, -0.1) is 11.3 Å². The third-order valence-corrected chi connectivity index (χ3v) is 6.86. The number of carbonyl (C=O) groups excluding carboxylic acids is 2. The molecule has 4 aromatic rings. The lowest BCUT2D eigenvalue weighted by molar-refractivity contribution is -0.131. The van der Waals surface area contributed by atoms with Crippen LogP contribution in [0.1, 0.15) is 15.4 Å². The topological polar surface area (TPSA) is 65.5 Å². The van der Waals surface area contributed by atoms with E-state index in [0.29, 0.717) is 18.7 Å². The molecular weight excluding hydrogens is 420 g/mol. The molecule has 0 saturated carbocycles. The number of hydrogen-bond acceptors (Lipinski definition) is 5. The molecule has 0 bridgehead atoms. The second-order valence-corrected chi connectivity index (χ2v) is 9.09.